The van der Waals surface area contributed by atoms with E-state index in [9.17, 15) is 30.3 Å². The Morgan fingerprint density at radius 2 is 1.53 bits per heavy atom. The van der Waals surface area contributed by atoms with Gasteiger partial charge in [0.05, 0.1) is 53.4 Å². The van der Waals surface area contributed by atoms with Crippen molar-refractivity contribution in [3.05, 3.63) is 0 Å². The maximum Gasteiger partial charge on any atom is 0.311 e. The van der Waals surface area contributed by atoms with E-state index in [1.807, 2.05) is 32.8 Å². The number of ether oxygens (including phenoxy) is 6. The van der Waals surface area contributed by atoms with Crippen LogP contribution in [0.25, 0.3) is 0 Å². The average molecular weight is 763 g/mol. The van der Waals surface area contributed by atoms with Crippen molar-refractivity contribution >= 4 is 11.7 Å². The molecule has 3 aliphatic rings. The summed E-state index contributed by atoms with van der Waals surface area (Å²) in [6.45, 7) is 17.0. The molecule has 3 aliphatic heterocycles. The first-order valence-electron chi connectivity index (χ1n) is 19.1. The van der Waals surface area contributed by atoms with Gasteiger partial charge < -0.3 is 63.7 Å². The molecule has 0 aliphatic carbocycles. The zero-order chi connectivity index (χ0) is 40.4. The molecule has 0 spiro atoms. The molecule has 0 amide bonds. The van der Waals surface area contributed by atoms with E-state index in [1.54, 1.807) is 48.5 Å². The Morgan fingerprint density at radius 1 is 0.906 bits per heavy atom. The zero-order valence-corrected chi connectivity index (χ0v) is 34.4. The number of methoxy groups -OCH3 is 1. The number of oxime groups is 1. The minimum Gasteiger partial charge on any atom is -0.459 e. The summed E-state index contributed by atoms with van der Waals surface area (Å²) in [4.78, 5) is 21.3. The topological polar surface area (TPSA) is 198 Å². The summed E-state index contributed by atoms with van der Waals surface area (Å²) < 4.78 is 37.4. The van der Waals surface area contributed by atoms with Gasteiger partial charge in [0, 0.05) is 37.3 Å². The first kappa shape index (κ1) is 45.9. The Hall–Kier alpha value is -1.50. The lowest BCUT2D eigenvalue weighted by molar-refractivity contribution is -0.317. The Morgan fingerprint density at radius 3 is 2.08 bits per heavy atom. The van der Waals surface area contributed by atoms with Crippen LogP contribution < -0.4 is 0 Å². The normalized spacial score (nSPS) is 49.0. The van der Waals surface area contributed by atoms with Crippen molar-refractivity contribution < 1.29 is 63.6 Å². The molecule has 3 fully saturated rings. The van der Waals surface area contributed by atoms with Gasteiger partial charge in [0.2, 0.25) is 0 Å². The molecule has 18 atom stereocenters. The van der Waals surface area contributed by atoms with Crippen molar-refractivity contribution in [1.29, 1.82) is 0 Å². The van der Waals surface area contributed by atoms with Gasteiger partial charge in [-0.1, -0.05) is 32.9 Å². The van der Waals surface area contributed by atoms with Crippen LogP contribution in [-0.2, 0) is 38.1 Å². The SMILES string of the molecule is CC[C@H]1OC(=O)[C@H](C)[C@@H](O[C@H]2C[C@@](C)(OC)[C@@H](O)[C@H](C)O2)[C@H](C)[C@@H](O[C@@H]2O[C@H](C)C[C@H](N(C)C)[C@H]2O)[C@](C)(O)C[C@@H](C)/C(=N\OC)[C@H](C)[C@@H](O)[C@]1(C)O. The van der Waals surface area contributed by atoms with Crippen LogP contribution in [0.3, 0.4) is 0 Å². The van der Waals surface area contributed by atoms with E-state index in [2.05, 4.69) is 5.16 Å². The van der Waals surface area contributed by atoms with Gasteiger partial charge in [-0.15, -0.1) is 0 Å². The summed E-state index contributed by atoms with van der Waals surface area (Å²) >= 11 is 0. The minimum atomic E-state index is -1.91. The third-order valence-electron chi connectivity index (χ3n) is 12.1. The van der Waals surface area contributed by atoms with Crippen LogP contribution >= 0.6 is 0 Å². The molecule has 3 rings (SSSR count). The van der Waals surface area contributed by atoms with Gasteiger partial charge in [-0.3, -0.25) is 4.79 Å². The Labute approximate surface area is 316 Å². The monoisotopic (exact) mass is 762 g/mol. The van der Waals surface area contributed by atoms with Gasteiger partial charge >= 0.3 is 5.97 Å². The molecule has 0 unspecified atom stereocenters. The fourth-order valence-corrected chi connectivity index (χ4v) is 8.70. The Kier molecular flexibility index (Phi) is 15.7. The number of hydrogen-bond acceptors (Lipinski definition) is 15. The zero-order valence-electron chi connectivity index (χ0n) is 34.4. The number of carbonyl (C=O) groups is 1. The van der Waals surface area contributed by atoms with Crippen molar-refractivity contribution in [1.82, 2.24) is 4.90 Å². The molecule has 15 nitrogen and oxygen atoms in total. The van der Waals surface area contributed by atoms with Crippen molar-refractivity contribution in [2.75, 3.05) is 28.3 Å². The van der Waals surface area contributed by atoms with Gasteiger partial charge in [0.1, 0.15) is 31.0 Å². The number of carbonyl (C=O) groups excluding carboxylic acids is 1. The van der Waals surface area contributed by atoms with E-state index < -0.39 is 102 Å². The van der Waals surface area contributed by atoms with Gasteiger partial charge in [-0.25, -0.2) is 0 Å². The number of cyclic esters (lactones) is 1. The van der Waals surface area contributed by atoms with Crippen molar-refractivity contribution in [2.45, 2.75) is 179 Å². The highest BCUT2D eigenvalue weighted by atomic mass is 16.7. The number of rotatable bonds is 8. The van der Waals surface area contributed by atoms with Crippen LogP contribution in [0, 0.1) is 23.7 Å². The second-order valence-corrected chi connectivity index (χ2v) is 16.8. The van der Waals surface area contributed by atoms with Crippen molar-refractivity contribution in [2.24, 2.45) is 28.8 Å². The van der Waals surface area contributed by atoms with E-state index in [0.29, 0.717) is 12.1 Å². The van der Waals surface area contributed by atoms with E-state index in [4.69, 9.17) is 33.3 Å². The summed E-state index contributed by atoms with van der Waals surface area (Å²) in [6, 6.07) is -0.306. The fraction of sp³-hybridized carbons (Fsp3) is 0.947. The molecule has 0 aromatic carbocycles. The molecule has 15 heteroatoms. The predicted octanol–water partition coefficient (Wildman–Crippen LogP) is 2.22. The number of aliphatic hydroxyl groups is 5. The summed E-state index contributed by atoms with van der Waals surface area (Å²) in [7, 11) is 6.60. The maximum atomic E-state index is 14.2. The number of aliphatic hydroxyl groups excluding tert-OH is 3. The average Bonchev–Trinajstić information content (AvgIpc) is 3.08. The lowest BCUT2D eigenvalue weighted by atomic mass is 9.73. The third-order valence-corrected chi connectivity index (χ3v) is 12.1. The predicted molar refractivity (Wildman–Crippen MR) is 196 cm³/mol. The lowest BCUT2D eigenvalue weighted by Gasteiger charge is -2.49. The Bertz CT molecular complexity index is 1220. The molecule has 53 heavy (non-hydrogen) atoms. The molecule has 3 heterocycles. The fourth-order valence-electron chi connectivity index (χ4n) is 8.70. The molecular formula is C38H70N2O13. The van der Waals surface area contributed by atoms with Crippen LogP contribution in [0.2, 0.25) is 0 Å². The molecule has 5 N–H and O–H groups in total. The number of esters is 1. The van der Waals surface area contributed by atoms with Crippen molar-refractivity contribution in [3.63, 3.8) is 0 Å². The van der Waals surface area contributed by atoms with Crippen molar-refractivity contribution in [3.8, 4) is 0 Å². The molecule has 0 aromatic heterocycles. The van der Waals surface area contributed by atoms with Crippen LogP contribution in [0.15, 0.2) is 5.16 Å². The van der Waals surface area contributed by atoms with Gasteiger partial charge in [0.25, 0.3) is 0 Å². The van der Waals surface area contributed by atoms with E-state index >= 15 is 0 Å². The highest BCUT2D eigenvalue weighted by Crippen LogP contribution is 2.41. The molecule has 0 saturated carbocycles. The van der Waals surface area contributed by atoms with Gasteiger partial charge in [-0.2, -0.15) is 0 Å². The molecular weight excluding hydrogens is 692 g/mol. The highest BCUT2D eigenvalue weighted by molar-refractivity contribution is 5.88. The molecule has 310 valence electrons. The van der Waals surface area contributed by atoms with Crippen LogP contribution in [0.1, 0.15) is 94.9 Å². The first-order chi connectivity index (χ1) is 24.5. The van der Waals surface area contributed by atoms with Crippen LogP contribution in [0.4, 0.5) is 0 Å². The van der Waals surface area contributed by atoms with E-state index in [1.165, 1.54) is 21.1 Å². The van der Waals surface area contributed by atoms with Crippen LogP contribution in [-0.4, -0.2) is 155 Å². The second kappa shape index (κ2) is 18.2. The van der Waals surface area contributed by atoms with E-state index in [0.717, 1.165) is 0 Å². The molecule has 0 radical (unpaired) electrons. The maximum absolute atomic E-state index is 14.2. The number of hydrogen-bond donors (Lipinski definition) is 5. The quantitative estimate of drug-likeness (QED) is 0.178. The van der Waals surface area contributed by atoms with E-state index in [-0.39, 0.29) is 31.4 Å². The third kappa shape index (κ3) is 10.1. The lowest BCUT2D eigenvalue weighted by Crippen LogP contribution is -2.61. The Balaban J connectivity index is 2.23. The smallest absolute Gasteiger partial charge is 0.311 e. The highest BCUT2D eigenvalue weighted by Gasteiger charge is 2.53. The van der Waals surface area contributed by atoms with Gasteiger partial charge in [-0.05, 0) is 74.9 Å². The minimum absolute atomic E-state index is 0.0204. The summed E-state index contributed by atoms with van der Waals surface area (Å²) in [5.41, 5.74) is -4.30. The summed E-state index contributed by atoms with van der Waals surface area (Å²) in [5.74, 6) is -3.90. The molecule has 0 bridgehead atoms. The first-order valence-corrected chi connectivity index (χ1v) is 19.1. The largest absolute Gasteiger partial charge is 0.459 e. The number of likely N-dealkylation sites (N-methyl/N-ethyl adjacent to an activating group) is 1. The second-order valence-electron chi connectivity index (χ2n) is 16.8. The van der Waals surface area contributed by atoms with Gasteiger partial charge in [0.15, 0.2) is 12.6 Å². The van der Waals surface area contributed by atoms with Crippen LogP contribution in [0.5, 0.6) is 0 Å². The molecule has 3 saturated heterocycles. The summed E-state index contributed by atoms with van der Waals surface area (Å²) in [6.07, 6.45) is -9.08. The number of nitrogens with zero attached hydrogens (tertiary/aromatic N) is 2. The standard InChI is InChI=1S/C38H70N2O13/c1-15-26-38(10,46)31(42)21(4)28(39-48-14)19(2)17-36(8,45)33(53-35-29(41)25(40(11)12)16-20(3)49-35)22(5)30(23(6)34(44)51-26)52-27-18-37(9,47-13)32(43)24(7)50-27/h19-27,29-33,35,41-43,45-46H,15-18H2,1-14H3/b39-28+/t19-,20-,21+,22+,23-,24+,25+,26-,27+,29-,30+,31-,32+,33-,35+,36-,37-,38-/m1/s1. The summed E-state index contributed by atoms with van der Waals surface area (Å²) in [5, 5.41) is 62.8. The molecule has 0 aromatic rings.